The van der Waals surface area contributed by atoms with Crippen LogP contribution in [-0.4, -0.2) is 10.2 Å². The van der Waals surface area contributed by atoms with Crippen molar-refractivity contribution >= 4 is 27.3 Å². The quantitative estimate of drug-likeness (QED) is 0.767. The summed E-state index contributed by atoms with van der Waals surface area (Å²) in [6.45, 7) is 0. The second-order valence-electron chi connectivity index (χ2n) is 2.25. The minimum atomic E-state index is 0.955. The lowest BCUT2D eigenvalue weighted by molar-refractivity contribution is 1.10. The van der Waals surface area contributed by atoms with Crippen molar-refractivity contribution in [3.05, 3.63) is 34.2 Å². The van der Waals surface area contributed by atoms with Crippen LogP contribution in [0, 0.1) is 0 Å². The molecular weight excluding hydrogens is 236 g/mol. The Morgan fingerprint density at radius 2 is 2.25 bits per heavy atom. The summed E-state index contributed by atoms with van der Waals surface area (Å²) in [4.78, 5) is 0. The van der Waals surface area contributed by atoms with Gasteiger partial charge < -0.3 is 0 Å². The molecule has 0 fully saturated rings. The normalized spacial score (nSPS) is 10.1. The van der Waals surface area contributed by atoms with Gasteiger partial charge in [-0.15, -0.1) is 10.2 Å². The molecule has 0 unspecified atom stereocenters. The van der Waals surface area contributed by atoms with Crippen LogP contribution in [0.5, 0.6) is 0 Å². The predicted molar refractivity (Wildman–Crippen MR) is 53.0 cm³/mol. The molecule has 0 N–H and O–H groups in total. The highest BCUT2D eigenvalue weighted by Gasteiger charge is 2.00. The zero-order valence-electron chi connectivity index (χ0n) is 6.07. The first kappa shape index (κ1) is 7.89. The van der Waals surface area contributed by atoms with E-state index in [4.69, 9.17) is 0 Å². The summed E-state index contributed by atoms with van der Waals surface area (Å²) in [7, 11) is 0. The lowest BCUT2D eigenvalue weighted by Crippen LogP contribution is -1.75. The molecule has 1 aromatic heterocycles. The highest BCUT2D eigenvalue weighted by molar-refractivity contribution is 9.10. The van der Waals surface area contributed by atoms with Crippen molar-refractivity contribution in [2.45, 2.75) is 0 Å². The van der Waals surface area contributed by atoms with Gasteiger partial charge in [-0.2, -0.15) is 0 Å². The van der Waals surface area contributed by atoms with Gasteiger partial charge in [0.25, 0.3) is 0 Å². The van der Waals surface area contributed by atoms with E-state index in [2.05, 4.69) is 26.1 Å². The van der Waals surface area contributed by atoms with E-state index in [1.165, 1.54) is 0 Å². The smallest absolute Gasteiger partial charge is 0.147 e. The molecule has 0 saturated heterocycles. The van der Waals surface area contributed by atoms with Crippen molar-refractivity contribution in [2.75, 3.05) is 0 Å². The number of hydrogen-bond donors (Lipinski definition) is 0. The Hall–Kier alpha value is -0.740. The molecule has 4 heteroatoms. The van der Waals surface area contributed by atoms with Crippen molar-refractivity contribution in [1.82, 2.24) is 10.2 Å². The first-order valence-electron chi connectivity index (χ1n) is 3.38. The Balaban J connectivity index is 2.48. The zero-order valence-corrected chi connectivity index (χ0v) is 8.47. The maximum Gasteiger partial charge on any atom is 0.147 e. The molecule has 0 bridgehead atoms. The largest absolute Gasteiger partial charge is 0.147 e. The Kier molecular flexibility index (Phi) is 2.19. The molecule has 0 aliphatic rings. The molecule has 0 saturated carbocycles. The molecule has 1 heterocycles. The van der Waals surface area contributed by atoms with Crippen molar-refractivity contribution < 1.29 is 0 Å². The molecular formula is C8H5BrN2S. The summed E-state index contributed by atoms with van der Waals surface area (Å²) in [5, 5.41) is 8.71. The molecule has 2 aromatic rings. The van der Waals surface area contributed by atoms with Crippen LogP contribution < -0.4 is 0 Å². The van der Waals surface area contributed by atoms with Gasteiger partial charge in [0.15, 0.2) is 0 Å². The Bertz CT molecular complexity index is 372. The van der Waals surface area contributed by atoms with Gasteiger partial charge in [0.1, 0.15) is 10.5 Å². The maximum absolute atomic E-state index is 3.98. The molecule has 0 atom stereocenters. The van der Waals surface area contributed by atoms with Gasteiger partial charge in [-0.1, -0.05) is 39.4 Å². The van der Waals surface area contributed by atoms with Crippen molar-refractivity contribution in [3.63, 3.8) is 0 Å². The van der Waals surface area contributed by atoms with E-state index >= 15 is 0 Å². The molecule has 0 aliphatic carbocycles. The van der Waals surface area contributed by atoms with Crippen LogP contribution in [0.15, 0.2) is 34.2 Å². The van der Waals surface area contributed by atoms with E-state index in [0.29, 0.717) is 0 Å². The monoisotopic (exact) mass is 240 g/mol. The van der Waals surface area contributed by atoms with Gasteiger partial charge in [-0.3, -0.25) is 0 Å². The highest BCUT2D eigenvalue weighted by atomic mass is 79.9. The van der Waals surface area contributed by atoms with Crippen molar-refractivity contribution in [3.8, 4) is 10.6 Å². The fraction of sp³-hybridized carbons (Fsp3) is 0. The molecule has 0 radical (unpaired) electrons. The summed E-state index contributed by atoms with van der Waals surface area (Å²) in [6, 6.07) is 8.02. The summed E-state index contributed by atoms with van der Waals surface area (Å²) >= 11 is 4.95. The highest BCUT2D eigenvalue weighted by Crippen LogP contribution is 2.23. The van der Waals surface area contributed by atoms with Crippen LogP contribution in [0.4, 0.5) is 0 Å². The summed E-state index contributed by atoms with van der Waals surface area (Å²) < 4.78 is 1.06. The standard InChI is InChI=1S/C8H5BrN2S/c9-7-3-1-2-6(4-7)8-11-10-5-12-8/h1-5H. The van der Waals surface area contributed by atoms with Crippen LogP contribution >= 0.6 is 27.3 Å². The number of aromatic nitrogens is 2. The average molecular weight is 241 g/mol. The molecule has 0 spiro atoms. The fourth-order valence-corrected chi connectivity index (χ4v) is 1.87. The van der Waals surface area contributed by atoms with E-state index in [1.54, 1.807) is 16.8 Å². The number of rotatable bonds is 1. The van der Waals surface area contributed by atoms with Crippen LogP contribution in [-0.2, 0) is 0 Å². The first-order valence-corrected chi connectivity index (χ1v) is 5.05. The molecule has 60 valence electrons. The van der Waals surface area contributed by atoms with Gasteiger partial charge in [0, 0.05) is 10.0 Å². The second kappa shape index (κ2) is 3.33. The SMILES string of the molecule is Brc1cccc(-c2nncs2)c1. The molecule has 12 heavy (non-hydrogen) atoms. The third kappa shape index (κ3) is 1.54. The van der Waals surface area contributed by atoms with E-state index in [0.717, 1.165) is 15.0 Å². The molecule has 0 aliphatic heterocycles. The molecule has 1 aromatic carbocycles. The molecule has 0 amide bonds. The lowest BCUT2D eigenvalue weighted by atomic mass is 10.2. The van der Waals surface area contributed by atoms with Crippen LogP contribution in [0.3, 0.4) is 0 Å². The van der Waals surface area contributed by atoms with Gasteiger partial charge >= 0.3 is 0 Å². The molecule has 2 rings (SSSR count). The minimum Gasteiger partial charge on any atom is -0.147 e. The Morgan fingerprint density at radius 1 is 1.33 bits per heavy atom. The average Bonchev–Trinajstić information content (AvgIpc) is 2.56. The summed E-state index contributed by atoms with van der Waals surface area (Å²) in [6.07, 6.45) is 0. The third-order valence-corrected chi connectivity index (χ3v) is 2.67. The number of hydrogen-bond acceptors (Lipinski definition) is 3. The van der Waals surface area contributed by atoms with E-state index in [9.17, 15) is 0 Å². The number of benzene rings is 1. The third-order valence-electron chi connectivity index (χ3n) is 1.43. The van der Waals surface area contributed by atoms with Gasteiger partial charge in [0.2, 0.25) is 0 Å². The fourth-order valence-electron chi connectivity index (χ4n) is 0.920. The van der Waals surface area contributed by atoms with E-state index in [1.807, 2.05) is 24.3 Å². The number of nitrogens with zero attached hydrogens (tertiary/aromatic N) is 2. The van der Waals surface area contributed by atoms with E-state index in [-0.39, 0.29) is 0 Å². The van der Waals surface area contributed by atoms with Crippen LogP contribution in [0.25, 0.3) is 10.6 Å². The minimum absolute atomic E-state index is 0.955. The van der Waals surface area contributed by atoms with Crippen LogP contribution in [0.2, 0.25) is 0 Å². The molecule has 2 nitrogen and oxygen atoms in total. The van der Waals surface area contributed by atoms with Gasteiger partial charge in [-0.05, 0) is 12.1 Å². The van der Waals surface area contributed by atoms with Crippen LogP contribution in [0.1, 0.15) is 0 Å². The Morgan fingerprint density at radius 3 is 2.92 bits per heavy atom. The predicted octanol–water partition coefficient (Wildman–Crippen LogP) is 2.97. The summed E-state index contributed by atoms with van der Waals surface area (Å²) in [5.41, 5.74) is 2.84. The van der Waals surface area contributed by atoms with E-state index < -0.39 is 0 Å². The van der Waals surface area contributed by atoms with Crippen molar-refractivity contribution in [2.24, 2.45) is 0 Å². The first-order chi connectivity index (χ1) is 5.86. The van der Waals surface area contributed by atoms with Gasteiger partial charge in [0.05, 0.1) is 0 Å². The Labute approximate surface area is 82.4 Å². The van der Waals surface area contributed by atoms with Crippen molar-refractivity contribution in [1.29, 1.82) is 0 Å². The summed E-state index contributed by atoms with van der Waals surface area (Å²) in [5.74, 6) is 0. The topological polar surface area (TPSA) is 25.8 Å². The second-order valence-corrected chi connectivity index (χ2v) is 4.00. The maximum atomic E-state index is 3.98. The number of halogens is 1. The zero-order chi connectivity index (χ0) is 8.39. The van der Waals surface area contributed by atoms with Gasteiger partial charge in [-0.25, -0.2) is 0 Å². The lowest BCUT2D eigenvalue weighted by Gasteiger charge is -1.94.